The van der Waals surface area contributed by atoms with Crippen molar-refractivity contribution in [2.75, 3.05) is 19.7 Å². The number of para-hydroxylation sites is 1. The lowest BCUT2D eigenvalue weighted by atomic mass is 10.2. The highest BCUT2D eigenvalue weighted by Crippen LogP contribution is 2.31. The van der Waals surface area contributed by atoms with Crippen LogP contribution in [0.5, 0.6) is 11.5 Å². The minimum atomic E-state index is -0.825. The zero-order chi connectivity index (χ0) is 17.2. The Hall–Kier alpha value is -2.24. The maximum absolute atomic E-state index is 12.3. The fourth-order valence-electron chi connectivity index (χ4n) is 2.06. The van der Waals surface area contributed by atoms with Crippen molar-refractivity contribution in [3.63, 3.8) is 0 Å². The Bertz CT molecular complexity index is 524. The van der Waals surface area contributed by atoms with Crippen LogP contribution in [-0.4, -0.2) is 36.8 Å². The summed E-state index contributed by atoms with van der Waals surface area (Å²) in [6.07, 6.45) is 0.412. The predicted molar refractivity (Wildman–Crippen MR) is 87.0 cm³/mol. The highest BCUT2D eigenvalue weighted by atomic mass is 16.7. The lowest BCUT2D eigenvalue weighted by molar-refractivity contribution is 0.102. The van der Waals surface area contributed by atoms with Gasteiger partial charge in [0.2, 0.25) is 0 Å². The maximum atomic E-state index is 12.3. The van der Waals surface area contributed by atoms with E-state index in [1.165, 1.54) is 0 Å². The number of amides is 1. The van der Waals surface area contributed by atoms with Gasteiger partial charge in [0, 0.05) is 13.1 Å². The van der Waals surface area contributed by atoms with E-state index in [1.54, 1.807) is 36.9 Å². The van der Waals surface area contributed by atoms with Gasteiger partial charge in [-0.3, -0.25) is 0 Å². The van der Waals surface area contributed by atoms with Crippen molar-refractivity contribution >= 4 is 12.2 Å². The van der Waals surface area contributed by atoms with E-state index in [-0.39, 0.29) is 18.1 Å². The van der Waals surface area contributed by atoms with Gasteiger partial charge in [-0.1, -0.05) is 26.0 Å². The number of carbonyl (C=O) groups excluding carboxylic acids is 2. The summed E-state index contributed by atoms with van der Waals surface area (Å²) in [6.45, 7) is 8.91. The lowest BCUT2D eigenvalue weighted by Crippen LogP contribution is -2.35. The molecule has 0 aliphatic heterocycles. The lowest BCUT2D eigenvalue weighted by Gasteiger charge is -2.21. The summed E-state index contributed by atoms with van der Waals surface area (Å²) >= 11 is 0. The van der Waals surface area contributed by atoms with E-state index in [2.05, 4.69) is 0 Å². The van der Waals surface area contributed by atoms with Gasteiger partial charge in [-0.2, -0.15) is 0 Å². The maximum Gasteiger partial charge on any atom is 0.513 e. The minimum absolute atomic E-state index is 0.171. The number of nitrogens with zero attached hydrogens (tertiary/aromatic N) is 1. The Morgan fingerprint density at radius 1 is 1.04 bits per heavy atom. The van der Waals surface area contributed by atoms with Crippen molar-refractivity contribution < 1.29 is 23.8 Å². The molecule has 0 aliphatic carbocycles. The summed E-state index contributed by atoms with van der Waals surface area (Å²) in [4.78, 5) is 25.5. The fraction of sp³-hybridized carbons (Fsp3) is 0.529. The summed E-state index contributed by atoms with van der Waals surface area (Å²) < 4.78 is 15.3. The van der Waals surface area contributed by atoms with Gasteiger partial charge in [0.05, 0.1) is 6.61 Å². The average Bonchev–Trinajstić information content (AvgIpc) is 2.50. The number of hydrogen-bond donors (Lipinski definition) is 0. The van der Waals surface area contributed by atoms with Crippen molar-refractivity contribution in [1.82, 2.24) is 4.90 Å². The summed E-state index contributed by atoms with van der Waals surface area (Å²) in [6, 6.07) is 5.07. The number of carbonyl (C=O) groups is 2. The van der Waals surface area contributed by atoms with Crippen LogP contribution >= 0.6 is 0 Å². The van der Waals surface area contributed by atoms with Crippen molar-refractivity contribution in [1.29, 1.82) is 0 Å². The van der Waals surface area contributed by atoms with Crippen LogP contribution in [0.2, 0.25) is 0 Å². The molecular formula is C17H25NO5. The van der Waals surface area contributed by atoms with Crippen molar-refractivity contribution in [2.24, 2.45) is 0 Å². The molecule has 1 aromatic carbocycles. The monoisotopic (exact) mass is 323 g/mol. The number of rotatable bonds is 7. The van der Waals surface area contributed by atoms with Gasteiger partial charge in [0.15, 0.2) is 11.5 Å². The predicted octanol–water partition coefficient (Wildman–Crippen LogP) is 4.15. The zero-order valence-corrected chi connectivity index (χ0v) is 14.3. The third-order valence-corrected chi connectivity index (χ3v) is 3.07. The Labute approximate surface area is 137 Å². The molecule has 23 heavy (non-hydrogen) atoms. The number of ether oxygens (including phenoxy) is 3. The van der Waals surface area contributed by atoms with Crippen LogP contribution in [-0.2, 0) is 4.74 Å². The van der Waals surface area contributed by atoms with Crippen LogP contribution < -0.4 is 9.47 Å². The first-order chi connectivity index (χ1) is 11.0. The van der Waals surface area contributed by atoms with Crippen LogP contribution in [0, 0.1) is 6.92 Å². The first-order valence-corrected chi connectivity index (χ1v) is 7.94. The van der Waals surface area contributed by atoms with Gasteiger partial charge in [-0.05, 0) is 38.3 Å². The standard InChI is InChI=1S/C17H25NO5/c1-5-11-18(12-6-2)16(19)23-15-13(4)9-8-10-14(15)22-17(20)21-7-3/h8-10H,5-7,11-12H2,1-4H3. The van der Waals surface area contributed by atoms with Crippen LogP contribution in [0.25, 0.3) is 0 Å². The second-order valence-electron chi connectivity index (χ2n) is 5.04. The van der Waals surface area contributed by atoms with Crippen LogP contribution in [0.1, 0.15) is 39.2 Å². The third-order valence-electron chi connectivity index (χ3n) is 3.07. The van der Waals surface area contributed by atoms with E-state index in [0.717, 1.165) is 12.8 Å². The van der Waals surface area contributed by atoms with Gasteiger partial charge in [-0.15, -0.1) is 0 Å². The summed E-state index contributed by atoms with van der Waals surface area (Å²) in [5.41, 5.74) is 0.702. The van der Waals surface area contributed by atoms with Crippen molar-refractivity contribution in [3.8, 4) is 11.5 Å². The van der Waals surface area contributed by atoms with E-state index in [1.807, 2.05) is 13.8 Å². The Morgan fingerprint density at radius 3 is 2.26 bits per heavy atom. The molecule has 128 valence electrons. The molecule has 6 nitrogen and oxygen atoms in total. The Kier molecular flexibility index (Phi) is 7.94. The van der Waals surface area contributed by atoms with Crippen LogP contribution in [0.3, 0.4) is 0 Å². The van der Waals surface area contributed by atoms with E-state index < -0.39 is 12.2 Å². The molecule has 1 amide bonds. The molecule has 0 N–H and O–H groups in total. The second kappa shape index (κ2) is 9.71. The van der Waals surface area contributed by atoms with E-state index in [0.29, 0.717) is 18.7 Å². The van der Waals surface area contributed by atoms with Crippen LogP contribution in [0.4, 0.5) is 9.59 Å². The minimum Gasteiger partial charge on any atom is -0.434 e. The van der Waals surface area contributed by atoms with E-state index in [9.17, 15) is 9.59 Å². The molecule has 0 saturated carbocycles. The number of hydrogen-bond acceptors (Lipinski definition) is 5. The molecular weight excluding hydrogens is 298 g/mol. The van der Waals surface area contributed by atoms with Gasteiger partial charge in [0.1, 0.15) is 0 Å². The molecule has 0 aliphatic rings. The first-order valence-electron chi connectivity index (χ1n) is 7.94. The number of benzene rings is 1. The topological polar surface area (TPSA) is 65.1 Å². The third kappa shape index (κ3) is 5.81. The average molecular weight is 323 g/mol. The quantitative estimate of drug-likeness (QED) is 0.557. The molecule has 0 spiro atoms. The van der Waals surface area contributed by atoms with E-state index >= 15 is 0 Å². The molecule has 0 fully saturated rings. The molecule has 0 bridgehead atoms. The molecule has 0 aromatic heterocycles. The van der Waals surface area contributed by atoms with Gasteiger partial charge < -0.3 is 19.1 Å². The second-order valence-corrected chi connectivity index (χ2v) is 5.04. The Morgan fingerprint density at radius 2 is 1.70 bits per heavy atom. The molecule has 0 heterocycles. The van der Waals surface area contributed by atoms with Gasteiger partial charge >= 0.3 is 12.2 Å². The van der Waals surface area contributed by atoms with Crippen molar-refractivity contribution in [2.45, 2.75) is 40.5 Å². The highest BCUT2D eigenvalue weighted by molar-refractivity contribution is 5.73. The normalized spacial score (nSPS) is 10.1. The summed E-state index contributed by atoms with van der Waals surface area (Å²) in [7, 11) is 0. The van der Waals surface area contributed by atoms with Gasteiger partial charge in [-0.25, -0.2) is 9.59 Å². The molecule has 1 aromatic rings. The largest absolute Gasteiger partial charge is 0.513 e. The summed E-state index contributed by atoms with van der Waals surface area (Å²) in [5.74, 6) is 0.410. The molecule has 0 unspecified atom stereocenters. The van der Waals surface area contributed by atoms with Crippen molar-refractivity contribution in [3.05, 3.63) is 23.8 Å². The van der Waals surface area contributed by atoms with E-state index in [4.69, 9.17) is 14.2 Å². The smallest absolute Gasteiger partial charge is 0.434 e. The van der Waals surface area contributed by atoms with Gasteiger partial charge in [0.25, 0.3) is 0 Å². The summed E-state index contributed by atoms with van der Waals surface area (Å²) in [5, 5.41) is 0. The Balaban J connectivity index is 2.93. The number of aryl methyl sites for hydroxylation is 1. The molecule has 0 radical (unpaired) electrons. The fourth-order valence-corrected chi connectivity index (χ4v) is 2.06. The zero-order valence-electron chi connectivity index (χ0n) is 14.3. The van der Waals surface area contributed by atoms with Crippen LogP contribution in [0.15, 0.2) is 18.2 Å². The molecule has 6 heteroatoms. The molecule has 0 atom stereocenters. The molecule has 1 rings (SSSR count). The highest BCUT2D eigenvalue weighted by Gasteiger charge is 2.20. The molecule has 0 saturated heterocycles. The first kappa shape index (κ1) is 18.8. The SMILES string of the molecule is CCCN(CCC)C(=O)Oc1c(C)cccc1OC(=O)OCC.